The van der Waals surface area contributed by atoms with Gasteiger partial charge in [0.2, 0.25) is 11.8 Å². The Labute approximate surface area is 145 Å². The molecule has 1 fully saturated rings. The van der Waals surface area contributed by atoms with Crippen molar-refractivity contribution in [2.24, 2.45) is 11.8 Å². The minimum Gasteiger partial charge on any atom is -0.413 e. The van der Waals surface area contributed by atoms with Gasteiger partial charge in [-0.05, 0) is 25.1 Å². The van der Waals surface area contributed by atoms with Crippen LogP contribution in [-0.4, -0.2) is 41.8 Å². The maximum atomic E-state index is 12.5. The third kappa shape index (κ3) is 3.47. The molecule has 1 N–H and O–H groups in total. The zero-order valence-electron chi connectivity index (χ0n) is 15.7. The van der Waals surface area contributed by atoms with E-state index in [4.69, 9.17) is 4.43 Å². The Kier molecular flexibility index (Phi) is 5.06. The van der Waals surface area contributed by atoms with Crippen molar-refractivity contribution in [3.05, 3.63) is 18.7 Å². The molecule has 0 spiro atoms. The maximum Gasteiger partial charge on any atom is 0.236 e. The number of nitrogens with one attached hydrogen (secondary N) is 1. The van der Waals surface area contributed by atoms with Crippen molar-refractivity contribution in [1.82, 2.24) is 14.9 Å². The van der Waals surface area contributed by atoms with Crippen molar-refractivity contribution in [3.63, 3.8) is 0 Å². The van der Waals surface area contributed by atoms with Crippen LogP contribution in [0.3, 0.4) is 0 Å². The average Bonchev–Trinajstić information content (AvgIpc) is 2.95. The fourth-order valence-electron chi connectivity index (χ4n) is 2.85. The molecule has 0 aliphatic carbocycles. The van der Waals surface area contributed by atoms with Crippen LogP contribution in [0.25, 0.3) is 0 Å². The summed E-state index contributed by atoms with van der Waals surface area (Å²) in [5.41, 5.74) is 0. The van der Waals surface area contributed by atoms with Crippen LogP contribution in [0.2, 0.25) is 18.1 Å². The number of imidazole rings is 1. The van der Waals surface area contributed by atoms with E-state index in [2.05, 4.69) is 44.2 Å². The molecule has 1 saturated heterocycles. The predicted octanol–water partition coefficient (Wildman–Crippen LogP) is 2.68. The highest BCUT2D eigenvalue weighted by molar-refractivity contribution is 6.74. The Morgan fingerprint density at radius 3 is 2.46 bits per heavy atom. The predicted molar refractivity (Wildman–Crippen MR) is 95.2 cm³/mol. The van der Waals surface area contributed by atoms with Crippen molar-refractivity contribution in [2.45, 2.75) is 64.9 Å². The minimum atomic E-state index is -1.97. The van der Waals surface area contributed by atoms with Crippen molar-refractivity contribution in [3.8, 4) is 0 Å². The van der Waals surface area contributed by atoms with Gasteiger partial charge in [-0.2, -0.15) is 0 Å². The highest BCUT2D eigenvalue weighted by Gasteiger charge is 2.50. The number of carbonyl (C=O) groups is 2. The summed E-state index contributed by atoms with van der Waals surface area (Å²) in [5, 5.41) is 2.96. The average molecular weight is 352 g/mol. The third-order valence-corrected chi connectivity index (χ3v) is 10.1. The van der Waals surface area contributed by atoms with Crippen molar-refractivity contribution in [2.75, 3.05) is 0 Å². The molecule has 2 heterocycles. The summed E-state index contributed by atoms with van der Waals surface area (Å²) in [4.78, 5) is 28.5. The quantitative estimate of drug-likeness (QED) is 0.654. The molecule has 1 aliphatic rings. The number of amides is 1. The van der Waals surface area contributed by atoms with Crippen LogP contribution >= 0.6 is 0 Å². The van der Waals surface area contributed by atoms with Gasteiger partial charge in [0, 0.05) is 12.4 Å². The molecule has 0 saturated carbocycles. The highest BCUT2D eigenvalue weighted by atomic mass is 28.4. The second-order valence-corrected chi connectivity index (χ2v) is 13.0. The van der Waals surface area contributed by atoms with E-state index in [0.29, 0.717) is 0 Å². The zero-order chi connectivity index (χ0) is 18.3. The van der Waals surface area contributed by atoms with E-state index in [1.807, 2.05) is 13.8 Å². The SMILES string of the molecule is C[C@@H](O[Si](C)(C)C(C)(C)C)[C@H]1C(=O)N[C@@H]1[C@@H](C)C(=O)n1ccnc1. The lowest BCUT2D eigenvalue weighted by Gasteiger charge is -2.46. The number of hydrogen-bond acceptors (Lipinski definition) is 4. The molecule has 24 heavy (non-hydrogen) atoms. The fraction of sp³-hybridized carbons (Fsp3) is 0.706. The van der Waals surface area contributed by atoms with E-state index >= 15 is 0 Å². The summed E-state index contributed by atoms with van der Waals surface area (Å²) in [5.74, 6) is -0.715. The van der Waals surface area contributed by atoms with Gasteiger partial charge in [-0.25, -0.2) is 4.98 Å². The van der Waals surface area contributed by atoms with Gasteiger partial charge in [-0.15, -0.1) is 0 Å². The highest BCUT2D eigenvalue weighted by Crippen LogP contribution is 2.39. The minimum absolute atomic E-state index is 0.0310. The number of nitrogens with zero attached hydrogens (tertiary/aromatic N) is 2. The Balaban J connectivity index is 2.09. The molecule has 1 aliphatic heterocycles. The molecular formula is C17H29N3O3Si. The lowest BCUT2D eigenvalue weighted by molar-refractivity contribution is -0.141. The summed E-state index contributed by atoms with van der Waals surface area (Å²) >= 11 is 0. The van der Waals surface area contributed by atoms with Crippen LogP contribution in [0.5, 0.6) is 0 Å². The topological polar surface area (TPSA) is 73.2 Å². The number of hydrogen-bond donors (Lipinski definition) is 1. The van der Waals surface area contributed by atoms with Gasteiger partial charge < -0.3 is 9.74 Å². The first-order valence-electron chi connectivity index (χ1n) is 8.46. The van der Waals surface area contributed by atoms with Crippen LogP contribution in [0.15, 0.2) is 18.7 Å². The normalized spacial score (nSPS) is 24.0. The van der Waals surface area contributed by atoms with Gasteiger partial charge >= 0.3 is 0 Å². The molecule has 7 heteroatoms. The largest absolute Gasteiger partial charge is 0.413 e. The van der Waals surface area contributed by atoms with Gasteiger partial charge in [0.25, 0.3) is 0 Å². The van der Waals surface area contributed by atoms with Gasteiger partial charge in [0.05, 0.1) is 24.0 Å². The molecule has 0 unspecified atom stereocenters. The van der Waals surface area contributed by atoms with Crippen LogP contribution in [0, 0.1) is 11.8 Å². The van der Waals surface area contributed by atoms with Gasteiger partial charge in [-0.3, -0.25) is 14.2 Å². The molecule has 134 valence electrons. The van der Waals surface area contributed by atoms with Crippen molar-refractivity contribution < 1.29 is 14.0 Å². The maximum absolute atomic E-state index is 12.5. The lowest BCUT2D eigenvalue weighted by Crippen LogP contribution is -2.67. The zero-order valence-corrected chi connectivity index (χ0v) is 16.7. The Morgan fingerprint density at radius 2 is 2.00 bits per heavy atom. The Hall–Kier alpha value is -1.47. The van der Waals surface area contributed by atoms with E-state index in [1.165, 1.54) is 10.9 Å². The second kappa shape index (κ2) is 6.44. The lowest BCUT2D eigenvalue weighted by atomic mass is 9.78. The van der Waals surface area contributed by atoms with Crippen molar-refractivity contribution in [1.29, 1.82) is 0 Å². The molecule has 4 atom stereocenters. The summed E-state index contributed by atoms with van der Waals surface area (Å²) in [7, 11) is -1.97. The molecule has 0 bridgehead atoms. The van der Waals surface area contributed by atoms with E-state index in [9.17, 15) is 9.59 Å². The smallest absolute Gasteiger partial charge is 0.236 e. The fourth-order valence-corrected chi connectivity index (χ4v) is 4.28. The van der Waals surface area contributed by atoms with E-state index < -0.39 is 8.32 Å². The number of aromatic nitrogens is 2. The third-order valence-electron chi connectivity index (χ3n) is 5.48. The van der Waals surface area contributed by atoms with Crippen LogP contribution < -0.4 is 5.32 Å². The first-order chi connectivity index (χ1) is 11.0. The standard InChI is InChI=1S/C17H29N3O3Si/c1-11(16(22)20-9-8-18-10-20)14-13(15(21)19-14)12(2)23-24(6,7)17(3,4)5/h8-14H,1-7H3,(H,19,21)/t11-,12-,13-,14-/m1/s1. The Morgan fingerprint density at radius 1 is 1.38 bits per heavy atom. The Bertz CT molecular complexity index is 607. The second-order valence-electron chi connectivity index (χ2n) is 8.24. The number of β-lactam (4-membered cyclic amide) rings is 1. The number of rotatable bonds is 5. The summed E-state index contributed by atoms with van der Waals surface area (Å²) in [6.45, 7) is 14.7. The molecule has 2 rings (SSSR count). The monoisotopic (exact) mass is 351 g/mol. The molecule has 0 radical (unpaired) electrons. The first kappa shape index (κ1) is 18.9. The van der Waals surface area contributed by atoms with Gasteiger partial charge in [-0.1, -0.05) is 27.7 Å². The van der Waals surface area contributed by atoms with E-state index in [-0.39, 0.29) is 40.8 Å². The molecule has 1 amide bonds. The van der Waals surface area contributed by atoms with Gasteiger partial charge in [0.1, 0.15) is 6.33 Å². The van der Waals surface area contributed by atoms with Crippen LogP contribution in [-0.2, 0) is 9.22 Å². The van der Waals surface area contributed by atoms with Crippen LogP contribution in [0.1, 0.15) is 39.4 Å². The molecule has 6 nitrogen and oxygen atoms in total. The summed E-state index contributed by atoms with van der Waals surface area (Å²) in [6.07, 6.45) is 4.49. The first-order valence-corrected chi connectivity index (χ1v) is 11.4. The van der Waals surface area contributed by atoms with E-state index in [1.54, 1.807) is 12.4 Å². The van der Waals surface area contributed by atoms with E-state index in [0.717, 1.165) is 0 Å². The van der Waals surface area contributed by atoms with Crippen LogP contribution in [0.4, 0.5) is 0 Å². The molecule has 0 aromatic carbocycles. The van der Waals surface area contributed by atoms with Crippen molar-refractivity contribution >= 4 is 20.1 Å². The molecular weight excluding hydrogens is 322 g/mol. The summed E-state index contributed by atoms with van der Waals surface area (Å²) < 4.78 is 7.84. The number of carbonyl (C=O) groups excluding carboxylic acids is 2. The van der Waals surface area contributed by atoms with Gasteiger partial charge in [0.15, 0.2) is 8.32 Å². The molecule has 1 aromatic heterocycles. The molecule has 1 aromatic rings. The summed E-state index contributed by atoms with van der Waals surface area (Å²) in [6, 6.07) is -0.202.